The number of hydrogen-bond donors (Lipinski definition) is 1. The van der Waals surface area contributed by atoms with Gasteiger partial charge in [-0.2, -0.15) is 0 Å². The molecule has 23 heavy (non-hydrogen) atoms. The Morgan fingerprint density at radius 3 is 2.13 bits per heavy atom. The standard InChI is InChI=1S/C20H25NO2/c1-11-5-7-15(8-6-11)21-18-17(19(22)20(18)23)16-10-13(3)12(2)9-14(16)4/h9-11,15,21H,5-8H2,1-4H3. The summed E-state index contributed by atoms with van der Waals surface area (Å²) < 4.78 is 0. The minimum Gasteiger partial charge on any atom is -0.378 e. The molecule has 1 aliphatic rings. The summed E-state index contributed by atoms with van der Waals surface area (Å²) in [6.45, 7) is 8.39. The molecule has 1 aliphatic carbocycles. The normalized spacial score (nSPS) is 21.6. The Kier molecular flexibility index (Phi) is 4.13. The average Bonchev–Trinajstić information content (AvgIpc) is 2.53. The Morgan fingerprint density at radius 2 is 1.48 bits per heavy atom. The minimum atomic E-state index is -0.351. The van der Waals surface area contributed by atoms with Crippen LogP contribution in [0, 0.1) is 26.7 Å². The van der Waals surface area contributed by atoms with Gasteiger partial charge in [-0.3, -0.25) is 9.59 Å². The second-order valence-corrected chi connectivity index (χ2v) is 7.26. The van der Waals surface area contributed by atoms with E-state index < -0.39 is 0 Å². The first-order chi connectivity index (χ1) is 10.9. The van der Waals surface area contributed by atoms with Gasteiger partial charge in [0.05, 0.1) is 11.3 Å². The average molecular weight is 311 g/mol. The first-order valence-electron chi connectivity index (χ1n) is 8.56. The summed E-state index contributed by atoms with van der Waals surface area (Å²) in [7, 11) is 0. The molecule has 0 unspecified atom stereocenters. The van der Waals surface area contributed by atoms with E-state index in [1.54, 1.807) is 0 Å². The molecular formula is C20H25NO2. The lowest BCUT2D eigenvalue weighted by molar-refractivity contribution is 0.361. The third kappa shape index (κ3) is 2.85. The first-order valence-corrected chi connectivity index (χ1v) is 8.56. The van der Waals surface area contributed by atoms with Crippen LogP contribution < -0.4 is 16.2 Å². The van der Waals surface area contributed by atoms with Gasteiger partial charge >= 0.3 is 0 Å². The van der Waals surface area contributed by atoms with E-state index in [-0.39, 0.29) is 10.9 Å². The summed E-state index contributed by atoms with van der Waals surface area (Å²) >= 11 is 0. The maximum atomic E-state index is 12.2. The van der Waals surface area contributed by atoms with Crippen LogP contribution in [0.3, 0.4) is 0 Å². The summed E-state index contributed by atoms with van der Waals surface area (Å²) in [6.07, 6.45) is 4.52. The highest BCUT2D eigenvalue weighted by molar-refractivity contribution is 5.84. The third-order valence-electron chi connectivity index (χ3n) is 5.38. The van der Waals surface area contributed by atoms with Crippen molar-refractivity contribution in [2.24, 2.45) is 5.92 Å². The summed E-state index contributed by atoms with van der Waals surface area (Å²) in [5.41, 5.74) is 4.76. The first kappa shape index (κ1) is 16.0. The van der Waals surface area contributed by atoms with Gasteiger partial charge in [0.1, 0.15) is 0 Å². The fourth-order valence-electron chi connectivity index (χ4n) is 3.62. The Labute approximate surface area is 137 Å². The highest BCUT2D eigenvalue weighted by atomic mass is 16.2. The SMILES string of the molecule is Cc1cc(C)c(-c2c(NC3CCC(C)CC3)c(=O)c2=O)cc1C. The lowest BCUT2D eigenvalue weighted by atomic mass is 9.86. The molecule has 2 aromatic carbocycles. The predicted molar refractivity (Wildman–Crippen MR) is 96.0 cm³/mol. The highest BCUT2D eigenvalue weighted by Crippen LogP contribution is 2.32. The summed E-state index contributed by atoms with van der Waals surface area (Å²) in [5, 5.41) is 3.38. The molecule has 0 aromatic heterocycles. The monoisotopic (exact) mass is 311 g/mol. The van der Waals surface area contributed by atoms with Crippen LogP contribution >= 0.6 is 0 Å². The van der Waals surface area contributed by atoms with Gasteiger partial charge in [-0.1, -0.05) is 19.1 Å². The summed E-state index contributed by atoms with van der Waals surface area (Å²) in [4.78, 5) is 24.2. The minimum absolute atomic E-state index is 0.320. The zero-order chi connectivity index (χ0) is 16.7. The Morgan fingerprint density at radius 1 is 0.870 bits per heavy atom. The van der Waals surface area contributed by atoms with E-state index in [1.165, 1.54) is 18.4 Å². The van der Waals surface area contributed by atoms with Crippen LogP contribution in [0.1, 0.15) is 49.3 Å². The zero-order valence-electron chi connectivity index (χ0n) is 14.5. The second kappa shape index (κ2) is 5.95. The molecule has 3 rings (SSSR count). The van der Waals surface area contributed by atoms with Gasteiger partial charge in [0.2, 0.25) is 10.9 Å². The van der Waals surface area contributed by atoms with Gasteiger partial charge in [-0.25, -0.2) is 0 Å². The molecule has 2 aromatic rings. The summed E-state index contributed by atoms with van der Waals surface area (Å²) in [5.74, 6) is 0.766. The molecule has 1 fully saturated rings. The molecule has 0 spiro atoms. The lowest BCUT2D eigenvalue weighted by Crippen LogP contribution is -2.39. The maximum absolute atomic E-state index is 12.2. The third-order valence-corrected chi connectivity index (χ3v) is 5.38. The number of hydrogen-bond acceptors (Lipinski definition) is 3. The molecule has 0 radical (unpaired) electrons. The molecule has 0 atom stereocenters. The molecule has 1 N–H and O–H groups in total. The molecule has 3 nitrogen and oxygen atoms in total. The van der Waals surface area contributed by atoms with Crippen LogP contribution in [-0.2, 0) is 0 Å². The van der Waals surface area contributed by atoms with Crippen molar-refractivity contribution in [1.29, 1.82) is 0 Å². The van der Waals surface area contributed by atoms with Crippen molar-refractivity contribution >= 4 is 5.69 Å². The molecule has 0 bridgehead atoms. The molecule has 1 saturated carbocycles. The summed E-state index contributed by atoms with van der Waals surface area (Å²) in [6, 6.07) is 4.45. The van der Waals surface area contributed by atoms with E-state index in [2.05, 4.69) is 25.2 Å². The second-order valence-electron chi connectivity index (χ2n) is 7.26. The van der Waals surface area contributed by atoms with Crippen molar-refractivity contribution in [3.63, 3.8) is 0 Å². The lowest BCUT2D eigenvalue weighted by Gasteiger charge is -2.29. The largest absolute Gasteiger partial charge is 0.378 e. The van der Waals surface area contributed by atoms with Crippen molar-refractivity contribution in [3.8, 4) is 11.1 Å². The van der Waals surface area contributed by atoms with Crippen molar-refractivity contribution in [3.05, 3.63) is 49.3 Å². The topological polar surface area (TPSA) is 46.2 Å². The van der Waals surface area contributed by atoms with Crippen LogP contribution in [0.15, 0.2) is 21.7 Å². The molecule has 122 valence electrons. The van der Waals surface area contributed by atoms with Gasteiger partial charge in [0.15, 0.2) is 0 Å². The van der Waals surface area contributed by atoms with Crippen LogP contribution in [0.2, 0.25) is 0 Å². The van der Waals surface area contributed by atoms with Crippen molar-refractivity contribution in [1.82, 2.24) is 0 Å². The quantitative estimate of drug-likeness (QED) is 0.875. The Balaban J connectivity index is 1.93. The zero-order valence-corrected chi connectivity index (χ0v) is 14.5. The van der Waals surface area contributed by atoms with Crippen molar-refractivity contribution in [2.75, 3.05) is 5.32 Å². The molecule has 0 amide bonds. The van der Waals surface area contributed by atoms with Crippen LogP contribution in [0.4, 0.5) is 5.69 Å². The highest BCUT2D eigenvalue weighted by Gasteiger charge is 2.27. The number of benzene rings is 1. The molecule has 0 aliphatic heterocycles. The van der Waals surface area contributed by atoms with Gasteiger partial charge in [-0.05, 0) is 74.6 Å². The molecule has 0 heterocycles. The number of rotatable bonds is 3. The predicted octanol–water partition coefficient (Wildman–Crippen LogP) is 3.87. The van der Waals surface area contributed by atoms with E-state index in [0.717, 1.165) is 35.4 Å². The van der Waals surface area contributed by atoms with Gasteiger partial charge in [0, 0.05) is 6.04 Å². The van der Waals surface area contributed by atoms with E-state index in [4.69, 9.17) is 0 Å². The maximum Gasteiger partial charge on any atom is 0.250 e. The number of aryl methyl sites for hydroxylation is 3. The van der Waals surface area contributed by atoms with Crippen LogP contribution in [0.5, 0.6) is 0 Å². The van der Waals surface area contributed by atoms with Gasteiger partial charge in [-0.15, -0.1) is 0 Å². The number of nitrogens with one attached hydrogen (secondary N) is 1. The van der Waals surface area contributed by atoms with Gasteiger partial charge in [0.25, 0.3) is 0 Å². The van der Waals surface area contributed by atoms with Crippen LogP contribution in [0.25, 0.3) is 11.1 Å². The number of anilines is 1. The molecule has 0 saturated heterocycles. The smallest absolute Gasteiger partial charge is 0.250 e. The van der Waals surface area contributed by atoms with E-state index in [9.17, 15) is 9.59 Å². The molecular weight excluding hydrogens is 286 g/mol. The van der Waals surface area contributed by atoms with Crippen molar-refractivity contribution in [2.45, 2.75) is 59.4 Å². The Bertz CT molecular complexity index is 804. The fourth-order valence-corrected chi connectivity index (χ4v) is 3.62. The Hall–Kier alpha value is -1.90. The van der Waals surface area contributed by atoms with Crippen molar-refractivity contribution < 1.29 is 0 Å². The van der Waals surface area contributed by atoms with E-state index >= 15 is 0 Å². The van der Waals surface area contributed by atoms with E-state index in [1.807, 2.05) is 19.9 Å². The fraction of sp³-hybridized carbons (Fsp3) is 0.500. The van der Waals surface area contributed by atoms with E-state index in [0.29, 0.717) is 17.3 Å². The molecule has 3 heteroatoms. The van der Waals surface area contributed by atoms with Gasteiger partial charge < -0.3 is 5.32 Å². The van der Waals surface area contributed by atoms with Crippen LogP contribution in [-0.4, -0.2) is 6.04 Å².